The van der Waals surface area contributed by atoms with Crippen molar-refractivity contribution >= 4 is 46.5 Å². The first-order chi connectivity index (χ1) is 15.2. The second kappa shape index (κ2) is 10.6. The zero-order valence-electron chi connectivity index (χ0n) is 17.2. The number of guanidine groups is 1. The summed E-state index contributed by atoms with van der Waals surface area (Å²) in [5.74, 6) is -1.32. The van der Waals surface area contributed by atoms with Gasteiger partial charge in [-0.2, -0.15) is 0 Å². The minimum atomic E-state index is -1.15. The van der Waals surface area contributed by atoms with Crippen molar-refractivity contribution in [1.29, 1.82) is 0 Å². The van der Waals surface area contributed by atoms with Crippen LogP contribution in [0.4, 0.5) is 5.69 Å². The summed E-state index contributed by atoms with van der Waals surface area (Å²) < 4.78 is 0. The lowest BCUT2D eigenvalue weighted by atomic mass is 10.00. The molecule has 0 aliphatic carbocycles. The molecule has 12 heteroatoms. The number of aryl methyl sites for hydroxylation is 1. The summed E-state index contributed by atoms with van der Waals surface area (Å²) in [6.07, 6.45) is -1.54. The minimum Gasteiger partial charge on any atom is -0.506 e. The number of carbonyl (C=O) groups is 2. The van der Waals surface area contributed by atoms with Crippen LogP contribution in [-0.2, 0) is 9.59 Å². The normalized spacial score (nSPS) is 14.9. The van der Waals surface area contributed by atoms with Crippen LogP contribution in [0.25, 0.3) is 0 Å². The number of carboxylic acid groups (broad SMARTS) is 1. The average Bonchev–Trinajstić information content (AvgIpc) is 3.40. The number of halogens is 1. The number of thiophene rings is 1. The first-order valence-electron chi connectivity index (χ1n) is 9.78. The highest BCUT2D eigenvalue weighted by molar-refractivity contribution is 7.10. The fourth-order valence-corrected chi connectivity index (χ4v) is 4.23. The average molecular weight is 482 g/mol. The van der Waals surface area contributed by atoms with Gasteiger partial charge in [-0.1, -0.05) is 17.7 Å². The molecule has 0 radical (unpaired) electrons. The van der Waals surface area contributed by atoms with E-state index in [-0.39, 0.29) is 22.9 Å². The number of hydrogen-bond donors (Lipinski definition) is 7. The van der Waals surface area contributed by atoms with Crippen LogP contribution in [-0.4, -0.2) is 52.8 Å². The second-order valence-electron chi connectivity index (χ2n) is 7.21. The third-order valence-corrected chi connectivity index (χ3v) is 5.88. The number of carbonyl (C=O) groups excluding carboxylic acids is 1. The highest BCUT2D eigenvalue weighted by atomic mass is 35.5. The van der Waals surface area contributed by atoms with Crippen LogP contribution in [0.15, 0.2) is 28.6 Å². The van der Waals surface area contributed by atoms with Crippen molar-refractivity contribution in [2.24, 2.45) is 4.99 Å². The molecule has 0 fully saturated rings. The molecule has 2 unspecified atom stereocenters. The number of hydrogen-bond acceptors (Lipinski definition) is 9. The van der Waals surface area contributed by atoms with Gasteiger partial charge in [0.15, 0.2) is 5.96 Å². The maximum Gasteiger partial charge on any atom is 0.305 e. The van der Waals surface area contributed by atoms with Gasteiger partial charge in [-0.05, 0) is 24.6 Å². The smallest absolute Gasteiger partial charge is 0.305 e. The molecular weight excluding hydrogens is 458 g/mol. The second-order valence-corrected chi connectivity index (χ2v) is 8.56. The molecule has 0 bridgehead atoms. The van der Waals surface area contributed by atoms with E-state index in [9.17, 15) is 24.9 Å². The molecule has 10 nitrogen and oxygen atoms in total. The van der Waals surface area contributed by atoms with E-state index in [1.807, 2.05) is 5.38 Å². The van der Waals surface area contributed by atoms with Crippen molar-refractivity contribution in [3.8, 4) is 5.75 Å². The molecule has 1 aliphatic rings. The number of benzene rings is 1. The van der Waals surface area contributed by atoms with E-state index in [0.717, 1.165) is 12.2 Å². The molecule has 3 rings (SSSR count). The largest absolute Gasteiger partial charge is 0.506 e. The summed E-state index contributed by atoms with van der Waals surface area (Å²) in [5.41, 5.74) is 1.68. The maximum atomic E-state index is 12.4. The fraction of sp³-hybridized carbons (Fsp3) is 0.350. The van der Waals surface area contributed by atoms with Gasteiger partial charge in [0.25, 0.3) is 0 Å². The van der Waals surface area contributed by atoms with Crippen LogP contribution in [0.3, 0.4) is 0 Å². The van der Waals surface area contributed by atoms with Crippen molar-refractivity contribution in [1.82, 2.24) is 16.0 Å². The first-order valence-corrected chi connectivity index (χ1v) is 11.0. The van der Waals surface area contributed by atoms with E-state index in [4.69, 9.17) is 11.6 Å². The number of aliphatic hydroxyl groups is 1. The lowest BCUT2D eigenvalue weighted by Crippen LogP contribution is -2.38. The number of rotatable bonds is 9. The van der Waals surface area contributed by atoms with Crippen molar-refractivity contribution in [3.05, 3.63) is 44.6 Å². The Hall–Kier alpha value is -2.86. The van der Waals surface area contributed by atoms with Gasteiger partial charge in [0.05, 0.1) is 36.3 Å². The molecule has 0 saturated heterocycles. The monoisotopic (exact) mass is 481 g/mol. The number of phenols is 1. The standard InChI is InChI=1S/C20H24ClN5O5S/c1-10-4-12(18(30)13(21)5-10)14(7-17(28)29)26-16(27)8-24-19(31)15-6-11(9-32-15)25-20-22-2-3-23-20/h4-6,9,14,19,24,30-31H,2-3,7-8H2,1H3,(H,26,27)(H,28,29)(H2,22,23,25). The molecule has 0 saturated carbocycles. The lowest BCUT2D eigenvalue weighted by molar-refractivity contribution is -0.137. The van der Waals surface area contributed by atoms with Crippen molar-refractivity contribution < 1.29 is 24.9 Å². The van der Waals surface area contributed by atoms with E-state index in [2.05, 4.69) is 26.3 Å². The summed E-state index contributed by atoms with van der Waals surface area (Å²) >= 11 is 7.29. The Labute approximate surface area is 193 Å². The van der Waals surface area contributed by atoms with E-state index >= 15 is 0 Å². The van der Waals surface area contributed by atoms with Crippen LogP contribution in [0, 0.1) is 6.92 Å². The maximum absolute atomic E-state index is 12.4. The number of nitrogens with zero attached hydrogens (tertiary/aromatic N) is 1. The van der Waals surface area contributed by atoms with Gasteiger partial charge in [-0.15, -0.1) is 11.3 Å². The van der Waals surface area contributed by atoms with Gasteiger partial charge < -0.3 is 31.3 Å². The number of aliphatic hydroxyl groups excluding tert-OH is 1. The molecule has 1 aliphatic heterocycles. The molecule has 172 valence electrons. The molecule has 1 aromatic carbocycles. The third kappa shape index (κ3) is 6.33. The molecule has 1 amide bonds. The van der Waals surface area contributed by atoms with Crippen LogP contribution >= 0.6 is 22.9 Å². The first kappa shape index (κ1) is 23.8. The van der Waals surface area contributed by atoms with Gasteiger partial charge in [-0.3, -0.25) is 19.9 Å². The Morgan fingerprint density at radius 1 is 1.34 bits per heavy atom. The summed E-state index contributed by atoms with van der Waals surface area (Å²) in [6, 6.07) is 3.86. The van der Waals surface area contributed by atoms with Gasteiger partial charge >= 0.3 is 5.97 Å². The molecule has 0 spiro atoms. The molecule has 2 heterocycles. The van der Waals surface area contributed by atoms with Crippen LogP contribution in [0.5, 0.6) is 5.75 Å². The number of aromatic hydroxyl groups is 1. The summed E-state index contributed by atoms with van der Waals surface area (Å²) in [6.45, 7) is 2.94. The van der Waals surface area contributed by atoms with Crippen LogP contribution in [0.1, 0.15) is 34.7 Å². The number of amides is 1. The molecular formula is C20H24ClN5O5S. The molecule has 1 aromatic heterocycles. The topological polar surface area (TPSA) is 155 Å². The zero-order chi connectivity index (χ0) is 23.3. The van der Waals surface area contributed by atoms with Gasteiger partial charge in [0, 0.05) is 22.4 Å². The quantitative estimate of drug-likeness (QED) is 0.267. The number of phenolic OH excluding ortho intramolecular Hbond substituents is 1. The highest BCUT2D eigenvalue weighted by Crippen LogP contribution is 2.34. The predicted octanol–water partition coefficient (Wildman–Crippen LogP) is 1.70. The molecule has 2 aromatic rings. The number of anilines is 1. The SMILES string of the molecule is Cc1cc(Cl)c(O)c(C(CC(=O)O)NC(=O)CNC(O)c2cc(NC3=NCCN3)cs2)c1. The summed E-state index contributed by atoms with van der Waals surface area (Å²) in [4.78, 5) is 28.5. The Kier molecular flexibility index (Phi) is 7.91. The number of carboxylic acids is 1. The third-order valence-electron chi connectivity index (χ3n) is 4.61. The minimum absolute atomic E-state index is 0.0686. The van der Waals surface area contributed by atoms with E-state index < -0.39 is 30.6 Å². The van der Waals surface area contributed by atoms with E-state index in [1.165, 1.54) is 17.4 Å². The number of aliphatic carboxylic acids is 1. The number of nitrogens with one attached hydrogen (secondary N) is 4. The highest BCUT2D eigenvalue weighted by Gasteiger charge is 2.23. The predicted molar refractivity (Wildman–Crippen MR) is 122 cm³/mol. The van der Waals surface area contributed by atoms with E-state index in [0.29, 0.717) is 22.9 Å². The molecule has 32 heavy (non-hydrogen) atoms. The summed E-state index contributed by atoms with van der Waals surface area (Å²) in [5, 5.41) is 43.2. The van der Waals surface area contributed by atoms with Crippen LogP contribution in [0.2, 0.25) is 5.02 Å². The summed E-state index contributed by atoms with van der Waals surface area (Å²) in [7, 11) is 0. The van der Waals surface area contributed by atoms with Gasteiger partial charge in [0.2, 0.25) is 5.91 Å². The Morgan fingerprint density at radius 2 is 2.12 bits per heavy atom. The van der Waals surface area contributed by atoms with Crippen molar-refractivity contribution in [2.75, 3.05) is 25.0 Å². The van der Waals surface area contributed by atoms with Crippen molar-refractivity contribution in [3.63, 3.8) is 0 Å². The van der Waals surface area contributed by atoms with Gasteiger partial charge in [0.1, 0.15) is 12.0 Å². The van der Waals surface area contributed by atoms with Crippen LogP contribution < -0.4 is 21.3 Å². The Morgan fingerprint density at radius 3 is 2.81 bits per heavy atom. The fourth-order valence-electron chi connectivity index (χ4n) is 3.16. The van der Waals surface area contributed by atoms with Crippen molar-refractivity contribution in [2.45, 2.75) is 25.6 Å². The Bertz CT molecular complexity index is 1030. The molecule has 2 atom stereocenters. The number of aliphatic imine (C=N–C) groups is 1. The molecule has 7 N–H and O–H groups in total. The lowest BCUT2D eigenvalue weighted by Gasteiger charge is -2.20. The van der Waals surface area contributed by atoms with Gasteiger partial charge in [-0.25, -0.2) is 0 Å². The zero-order valence-corrected chi connectivity index (χ0v) is 18.8. The van der Waals surface area contributed by atoms with E-state index in [1.54, 1.807) is 19.1 Å². The Balaban J connectivity index is 1.59.